The Morgan fingerprint density at radius 1 is 1.19 bits per heavy atom. The van der Waals surface area contributed by atoms with Crippen LogP contribution in [-0.4, -0.2) is 19.2 Å². The molecule has 0 N–H and O–H groups in total. The molecule has 1 aliphatic rings. The summed E-state index contributed by atoms with van der Waals surface area (Å²) in [5.41, 5.74) is 2.82. The predicted octanol–water partition coefficient (Wildman–Crippen LogP) is 3.45. The standard InChI is InChI=1S/C17H17NO2S/c1-18(11-19)14-8-6-12(7-9-14)17(20)16-10-13-4-2-3-5-15(13)21-16/h6-11H,2-5H2,1H3. The minimum absolute atomic E-state index is 0.0784. The molecule has 0 aliphatic heterocycles. The summed E-state index contributed by atoms with van der Waals surface area (Å²) >= 11 is 1.64. The van der Waals surface area contributed by atoms with Crippen molar-refractivity contribution in [3.8, 4) is 0 Å². The Kier molecular flexibility index (Phi) is 3.88. The molecule has 1 aromatic carbocycles. The van der Waals surface area contributed by atoms with Crippen molar-refractivity contribution in [2.24, 2.45) is 0 Å². The van der Waals surface area contributed by atoms with E-state index in [-0.39, 0.29) is 5.78 Å². The highest BCUT2D eigenvalue weighted by atomic mass is 32.1. The molecule has 3 rings (SSSR count). The van der Waals surface area contributed by atoms with Crippen molar-refractivity contribution in [1.82, 2.24) is 0 Å². The smallest absolute Gasteiger partial charge is 0.213 e. The number of anilines is 1. The Labute approximate surface area is 128 Å². The van der Waals surface area contributed by atoms with Gasteiger partial charge in [-0.25, -0.2) is 0 Å². The van der Waals surface area contributed by atoms with Gasteiger partial charge < -0.3 is 4.90 Å². The Morgan fingerprint density at radius 2 is 1.90 bits per heavy atom. The molecule has 1 aliphatic carbocycles. The fraction of sp³-hybridized carbons (Fsp3) is 0.294. The van der Waals surface area contributed by atoms with Crippen LogP contribution in [0.25, 0.3) is 0 Å². The van der Waals surface area contributed by atoms with Crippen LogP contribution in [0.3, 0.4) is 0 Å². The first-order valence-electron chi connectivity index (χ1n) is 7.13. The molecular formula is C17H17NO2S. The lowest BCUT2D eigenvalue weighted by Crippen LogP contribution is -2.13. The first-order valence-corrected chi connectivity index (χ1v) is 7.95. The van der Waals surface area contributed by atoms with Gasteiger partial charge >= 0.3 is 0 Å². The van der Waals surface area contributed by atoms with Gasteiger partial charge in [-0.15, -0.1) is 11.3 Å². The number of amides is 1. The SMILES string of the molecule is CN(C=O)c1ccc(C(=O)c2cc3c(s2)CCCC3)cc1. The van der Waals surface area contributed by atoms with Crippen LogP contribution in [0.2, 0.25) is 0 Å². The van der Waals surface area contributed by atoms with Gasteiger partial charge in [-0.05, 0) is 61.6 Å². The average molecular weight is 299 g/mol. The molecule has 21 heavy (non-hydrogen) atoms. The number of carbonyl (C=O) groups is 2. The van der Waals surface area contributed by atoms with Crippen molar-refractivity contribution in [3.05, 3.63) is 51.2 Å². The molecule has 0 bridgehead atoms. The minimum Gasteiger partial charge on any atom is -0.318 e. The van der Waals surface area contributed by atoms with Crippen molar-refractivity contribution < 1.29 is 9.59 Å². The molecule has 0 fully saturated rings. The van der Waals surface area contributed by atoms with Crippen LogP contribution in [0.4, 0.5) is 5.69 Å². The lowest BCUT2D eigenvalue weighted by molar-refractivity contribution is -0.107. The number of carbonyl (C=O) groups excluding carboxylic acids is 2. The summed E-state index contributed by atoms with van der Waals surface area (Å²) in [6, 6.07) is 9.24. The van der Waals surface area contributed by atoms with E-state index in [2.05, 4.69) is 6.07 Å². The third kappa shape index (κ3) is 2.76. The molecule has 0 unspecified atom stereocenters. The van der Waals surface area contributed by atoms with Crippen LogP contribution in [0.5, 0.6) is 0 Å². The van der Waals surface area contributed by atoms with Crippen molar-refractivity contribution >= 4 is 29.2 Å². The first-order chi connectivity index (χ1) is 10.2. The molecule has 0 spiro atoms. The van der Waals surface area contributed by atoms with Gasteiger partial charge in [-0.3, -0.25) is 9.59 Å². The highest BCUT2D eigenvalue weighted by molar-refractivity contribution is 7.14. The van der Waals surface area contributed by atoms with Gasteiger partial charge in [0.15, 0.2) is 0 Å². The summed E-state index contributed by atoms with van der Waals surface area (Å²) in [4.78, 5) is 27.0. The number of hydrogen-bond acceptors (Lipinski definition) is 3. The number of nitrogens with zero attached hydrogens (tertiary/aromatic N) is 1. The Bertz CT molecular complexity index is 649. The van der Waals surface area contributed by atoms with Crippen LogP contribution in [0, 0.1) is 0 Å². The molecule has 1 heterocycles. The molecule has 0 saturated carbocycles. The fourth-order valence-corrected chi connectivity index (χ4v) is 3.87. The molecule has 0 radical (unpaired) electrons. The second kappa shape index (κ2) is 5.82. The topological polar surface area (TPSA) is 37.4 Å². The third-order valence-corrected chi connectivity index (χ3v) is 5.15. The molecule has 1 aromatic heterocycles. The van der Waals surface area contributed by atoms with E-state index in [4.69, 9.17) is 0 Å². The van der Waals surface area contributed by atoms with E-state index < -0.39 is 0 Å². The lowest BCUT2D eigenvalue weighted by Gasteiger charge is -2.10. The highest BCUT2D eigenvalue weighted by Gasteiger charge is 2.18. The molecule has 0 atom stereocenters. The Morgan fingerprint density at radius 3 is 2.57 bits per heavy atom. The summed E-state index contributed by atoms with van der Waals surface area (Å²) in [7, 11) is 1.69. The quantitative estimate of drug-likeness (QED) is 0.640. The number of thiophene rings is 1. The second-order valence-electron chi connectivity index (χ2n) is 5.36. The van der Waals surface area contributed by atoms with E-state index in [0.29, 0.717) is 5.56 Å². The molecule has 1 amide bonds. The third-order valence-electron chi connectivity index (χ3n) is 3.92. The van der Waals surface area contributed by atoms with Crippen molar-refractivity contribution in [2.45, 2.75) is 25.7 Å². The van der Waals surface area contributed by atoms with Crippen molar-refractivity contribution in [1.29, 1.82) is 0 Å². The zero-order valence-electron chi connectivity index (χ0n) is 12.0. The van der Waals surface area contributed by atoms with Gasteiger partial charge in [0.25, 0.3) is 0 Å². The van der Waals surface area contributed by atoms with Crippen molar-refractivity contribution in [2.75, 3.05) is 11.9 Å². The maximum Gasteiger partial charge on any atom is 0.213 e. The number of ketones is 1. The largest absolute Gasteiger partial charge is 0.318 e. The van der Waals surface area contributed by atoms with Gasteiger partial charge in [0.05, 0.1) is 4.88 Å². The lowest BCUT2D eigenvalue weighted by atomic mass is 9.98. The minimum atomic E-state index is 0.0784. The number of fused-ring (bicyclic) bond motifs is 1. The van der Waals surface area contributed by atoms with Crippen LogP contribution in [-0.2, 0) is 17.6 Å². The van der Waals surface area contributed by atoms with Crippen LogP contribution >= 0.6 is 11.3 Å². The molecule has 3 nitrogen and oxygen atoms in total. The van der Waals surface area contributed by atoms with Gasteiger partial charge in [0, 0.05) is 23.2 Å². The van der Waals surface area contributed by atoms with E-state index >= 15 is 0 Å². The van der Waals surface area contributed by atoms with Crippen LogP contribution < -0.4 is 4.90 Å². The zero-order valence-corrected chi connectivity index (χ0v) is 12.8. The summed E-state index contributed by atoms with van der Waals surface area (Å²) < 4.78 is 0. The van der Waals surface area contributed by atoms with E-state index in [9.17, 15) is 9.59 Å². The number of rotatable bonds is 4. The van der Waals surface area contributed by atoms with E-state index in [1.807, 2.05) is 0 Å². The first kappa shape index (κ1) is 14.0. The van der Waals surface area contributed by atoms with E-state index in [0.717, 1.165) is 29.8 Å². The fourth-order valence-electron chi connectivity index (χ4n) is 2.65. The van der Waals surface area contributed by atoms with Crippen LogP contribution in [0.15, 0.2) is 30.3 Å². The van der Waals surface area contributed by atoms with Crippen LogP contribution in [0.1, 0.15) is 38.5 Å². The molecular weight excluding hydrogens is 282 g/mol. The normalized spacial score (nSPS) is 13.6. The summed E-state index contributed by atoms with van der Waals surface area (Å²) in [6.45, 7) is 0. The molecule has 2 aromatic rings. The average Bonchev–Trinajstić information content (AvgIpc) is 2.97. The monoisotopic (exact) mass is 299 g/mol. The number of aryl methyl sites for hydroxylation is 2. The zero-order chi connectivity index (χ0) is 14.8. The van der Waals surface area contributed by atoms with Gasteiger partial charge in [-0.1, -0.05) is 0 Å². The Balaban J connectivity index is 1.84. The van der Waals surface area contributed by atoms with E-state index in [1.165, 1.54) is 28.2 Å². The molecule has 4 heteroatoms. The second-order valence-corrected chi connectivity index (χ2v) is 6.50. The summed E-state index contributed by atoms with van der Waals surface area (Å²) in [5, 5.41) is 0. The van der Waals surface area contributed by atoms with Crippen molar-refractivity contribution in [3.63, 3.8) is 0 Å². The maximum absolute atomic E-state index is 12.5. The highest BCUT2D eigenvalue weighted by Crippen LogP contribution is 2.31. The summed E-state index contributed by atoms with van der Waals surface area (Å²) in [5.74, 6) is 0.0784. The predicted molar refractivity (Wildman–Crippen MR) is 85.3 cm³/mol. The summed E-state index contributed by atoms with van der Waals surface area (Å²) in [6.07, 6.45) is 5.42. The Hall–Kier alpha value is -1.94. The van der Waals surface area contributed by atoms with Gasteiger partial charge in [0.1, 0.15) is 0 Å². The number of benzene rings is 1. The van der Waals surface area contributed by atoms with Gasteiger partial charge in [-0.2, -0.15) is 0 Å². The molecule has 108 valence electrons. The maximum atomic E-state index is 12.5. The molecule has 0 saturated heterocycles. The number of hydrogen-bond donors (Lipinski definition) is 0. The van der Waals surface area contributed by atoms with E-state index in [1.54, 1.807) is 42.6 Å². The van der Waals surface area contributed by atoms with Gasteiger partial charge in [0.2, 0.25) is 12.2 Å².